The SMILES string of the molecule is CCNC(CCCS(=O)(=O)CC)C(OCC)C1CC1. The normalized spacial score (nSPS) is 19.3. The van der Waals surface area contributed by atoms with E-state index in [-0.39, 0.29) is 11.9 Å². The van der Waals surface area contributed by atoms with E-state index in [4.69, 9.17) is 4.74 Å². The molecule has 1 aliphatic carbocycles. The van der Waals surface area contributed by atoms with Crippen molar-refractivity contribution < 1.29 is 13.2 Å². The molecule has 0 radical (unpaired) electrons. The molecule has 0 saturated heterocycles. The first-order valence-corrected chi connectivity index (χ1v) is 9.41. The minimum atomic E-state index is -2.84. The molecule has 1 fully saturated rings. The van der Waals surface area contributed by atoms with Gasteiger partial charge in [-0.05, 0) is 45.1 Å². The molecule has 2 atom stereocenters. The lowest BCUT2D eigenvalue weighted by molar-refractivity contribution is 0.0173. The fraction of sp³-hybridized carbons (Fsp3) is 1.00. The van der Waals surface area contributed by atoms with Crippen LogP contribution in [0.4, 0.5) is 0 Å². The molecule has 4 nitrogen and oxygen atoms in total. The van der Waals surface area contributed by atoms with Crippen LogP contribution in [-0.4, -0.2) is 45.2 Å². The number of hydrogen-bond donors (Lipinski definition) is 1. The first-order chi connectivity index (χ1) is 9.04. The number of nitrogens with one attached hydrogen (secondary N) is 1. The molecule has 0 aromatic heterocycles. The van der Waals surface area contributed by atoms with Crippen LogP contribution in [0.5, 0.6) is 0 Å². The molecule has 114 valence electrons. The van der Waals surface area contributed by atoms with E-state index in [9.17, 15) is 8.42 Å². The van der Waals surface area contributed by atoms with Crippen molar-refractivity contribution in [3.05, 3.63) is 0 Å². The lowest BCUT2D eigenvalue weighted by Crippen LogP contribution is -2.43. The van der Waals surface area contributed by atoms with Gasteiger partial charge in [0.25, 0.3) is 0 Å². The zero-order valence-electron chi connectivity index (χ0n) is 12.5. The smallest absolute Gasteiger partial charge is 0.150 e. The van der Waals surface area contributed by atoms with Crippen LogP contribution in [0.2, 0.25) is 0 Å². The first-order valence-electron chi connectivity index (χ1n) is 7.59. The van der Waals surface area contributed by atoms with Gasteiger partial charge in [0.05, 0.1) is 11.9 Å². The minimum Gasteiger partial charge on any atom is -0.377 e. The largest absolute Gasteiger partial charge is 0.377 e. The number of likely N-dealkylation sites (N-methyl/N-ethyl adjacent to an activating group) is 1. The maximum Gasteiger partial charge on any atom is 0.150 e. The van der Waals surface area contributed by atoms with Crippen molar-refractivity contribution in [2.24, 2.45) is 5.92 Å². The highest BCUT2D eigenvalue weighted by molar-refractivity contribution is 7.91. The predicted molar refractivity (Wildman–Crippen MR) is 79.2 cm³/mol. The number of ether oxygens (including phenoxy) is 1. The second-order valence-electron chi connectivity index (χ2n) is 5.30. The van der Waals surface area contributed by atoms with Gasteiger partial charge in [0, 0.05) is 18.4 Å². The van der Waals surface area contributed by atoms with Crippen LogP contribution in [0, 0.1) is 5.92 Å². The standard InChI is InChI=1S/C14H29NO3S/c1-4-15-13(8-7-11-19(16,17)6-3)14(18-5-2)12-9-10-12/h12-15H,4-11H2,1-3H3. The third kappa shape index (κ3) is 6.23. The molecule has 2 unspecified atom stereocenters. The molecule has 1 rings (SSSR count). The summed E-state index contributed by atoms with van der Waals surface area (Å²) in [5.41, 5.74) is 0. The van der Waals surface area contributed by atoms with Gasteiger partial charge in [-0.3, -0.25) is 0 Å². The summed E-state index contributed by atoms with van der Waals surface area (Å²) in [5.74, 6) is 1.22. The van der Waals surface area contributed by atoms with Crippen LogP contribution in [0.3, 0.4) is 0 Å². The molecular weight excluding hydrogens is 262 g/mol. The summed E-state index contributed by atoms with van der Waals surface area (Å²) < 4.78 is 28.9. The molecule has 1 N–H and O–H groups in total. The zero-order chi connectivity index (χ0) is 14.3. The van der Waals surface area contributed by atoms with Crippen LogP contribution in [0.15, 0.2) is 0 Å². The van der Waals surface area contributed by atoms with Gasteiger partial charge in [0.2, 0.25) is 0 Å². The quantitative estimate of drug-likeness (QED) is 0.632. The molecule has 5 heteroatoms. The lowest BCUT2D eigenvalue weighted by Gasteiger charge is -2.28. The van der Waals surface area contributed by atoms with E-state index in [0.29, 0.717) is 17.7 Å². The van der Waals surface area contributed by atoms with Crippen molar-refractivity contribution in [2.75, 3.05) is 24.7 Å². The van der Waals surface area contributed by atoms with Crippen molar-refractivity contribution >= 4 is 9.84 Å². The maximum absolute atomic E-state index is 11.5. The fourth-order valence-electron chi connectivity index (χ4n) is 2.51. The predicted octanol–water partition coefficient (Wildman–Crippen LogP) is 1.99. The Balaban J connectivity index is 2.46. The van der Waals surface area contributed by atoms with Crippen molar-refractivity contribution in [3.8, 4) is 0 Å². The molecule has 1 saturated carbocycles. The summed E-state index contributed by atoms with van der Waals surface area (Å²) >= 11 is 0. The Hall–Kier alpha value is -0.130. The molecule has 0 aliphatic heterocycles. The first kappa shape index (κ1) is 16.9. The van der Waals surface area contributed by atoms with Gasteiger partial charge in [-0.25, -0.2) is 8.42 Å². The van der Waals surface area contributed by atoms with Crippen molar-refractivity contribution in [3.63, 3.8) is 0 Å². The monoisotopic (exact) mass is 291 g/mol. The lowest BCUT2D eigenvalue weighted by atomic mass is 10.0. The van der Waals surface area contributed by atoms with Gasteiger partial charge in [-0.15, -0.1) is 0 Å². The van der Waals surface area contributed by atoms with Crippen LogP contribution in [0.1, 0.15) is 46.5 Å². The van der Waals surface area contributed by atoms with Crippen molar-refractivity contribution in [1.29, 1.82) is 0 Å². The van der Waals surface area contributed by atoms with Crippen LogP contribution < -0.4 is 5.32 Å². The third-order valence-electron chi connectivity index (χ3n) is 3.72. The summed E-state index contributed by atoms with van der Waals surface area (Å²) in [7, 11) is -2.84. The molecular formula is C14H29NO3S. The number of hydrogen-bond acceptors (Lipinski definition) is 4. The minimum absolute atomic E-state index is 0.246. The summed E-state index contributed by atoms with van der Waals surface area (Å²) in [4.78, 5) is 0. The summed E-state index contributed by atoms with van der Waals surface area (Å²) in [5, 5.41) is 3.47. The topological polar surface area (TPSA) is 55.4 Å². The van der Waals surface area contributed by atoms with Crippen LogP contribution in [-0.2, 0) is 14.6 Å². The highest BCUT2D eigenvalue weighted by Crippen LogP contribution is 2.36. The van der Waals surface area contributed by atoms with E-state index in [1.165, 1.54) is 12.8 Å². The Morgan fingerprint density at radius 3 is 2.42 bits per heavy atom. The molecule has 0 bridgehead atoms. The number of rotatable bonds is 11. The molecule has 0 heterocycles. The maximum atomic E-state index is 11.5. The van der Waals surface area contributed by atoms with E-state index >= 15 is 0 Å². The van der Waals surface area contributed by atoms with E-state index in [1.807, 2.05) is 6.92 Å². The molecule has 1 aliphatic rings. The summed E-state index contributed by atoms with van der Waals surface area (Å²) in [6, 6.07) is 0.296. The van der Waals surface area contributed by atoms with Gasteiger partial charge < -0.3 is 10.1 Å². The molecule has 0 spiro atoms. The van der Waals surface area contributed by atoms with Crippen LogP contribution in [0.25, 0.3) is 0 Å². The fourth-order valence-corrected chi connectivity index (χ4v) is 3.41. The molecule has 19 heavy (non-hydrogen) atoms. The van der Waals surface area contributed by atoms with Crippen molar-refractivity contribution in [1.82, 2.24) is 5.32 Å². The Labute approximate surface area is 118 Å². The highest BCUT2D eigenvalue weighted by atomic mass is 32.2. The molecule has 0 aromatic rings. The summed E-state index contributed by atoms with van der Waals surface area (Å²) in [6.07, 6.45) is 4.37. The van der Waals surface area contributed by atoms with E-state index < -0.39 is 9.84 Å². The molecule has 0 amide bonds. The van der Waals surface area contributed by atoms with Gasteiger partial charge in [-0.1, -0.05) is 13.8 Å². The highest BCUT2D eigenvalue weighted by Gasteiger charge is 2.36. The van der Waals surface area contributed by atoms with E-state index in [0.717, 1.165) is 26.0 Å². The Kier molecular flexibility index (Phi) is 7.32. The van der Waals surface area contributed by atoms with Crippen LogP contribution >= 0.6 is 0 Å². The summed E-state index contributed by atoms with van der Waals surface area (Å²) in [6.45, 7) is 7.47. The van der Waals surface area contributed by atoms with Crippen molar-refractivity contribution in [2.45, 2.75) is 58.6 Å². The van der Waals surface area contributed by atoms with Gasteiger partial charge >= 0.3 is 0 Å². The average molecular weight is 291 g/mol. The van der Waals surface area contributed by atoms with Gasteiger partial charge in [-0.2, -0.15) is 0 Å². The Morgan fingerprint density at radius 1 is 1.26 bits per heavy atom. The van der Waals surface area contributed by atoms with E-state index in [2.05, 4.69) is 12.2 Å². The van der Waals surface area contributed by atoms with E-state index in [1.54, 1.807) is 6.92 Å². The number of sulfone groups is 1. The second kappa shape index (κ2) is 8.22. The zero-order valence-corrected chi connectivity index (χ0v) is 13.3. The molecule has 0 aromatic carbocycles. The third-order valence-corrected chi connectivity index (χ3v) is 5.51. The van der Waals surface area contributed by atoms with Gasteiger partial charge in [0.15, 0.2) is 0 Å². The second-order valence-corrected chi connectivity index (χ2v) is 7.77. The Morgan fingerprint density at radius 2 is 1.95 bits per heavy atom. The Bertz CT molecular complexity index is 339. The average Bonchev–Trinajstić information content (AvgIpc) is 3.19. The van der Waals surface area contributed by atoms with Gasteiger partial charge in [0.1, 0.15) is 9.84 Å².